The third kappa shape index (κ3) is 4.07. The molecule has 0 radical (unpaired) electrons. The van der Waals surface area contributed by atoms with Crippen molar-refractivity contribution in [3.05, 3.63) is 59.7 Å². The molecule has 0 saturated heterocycles. The van der Waals surface area contributed by atoms with E-state index in [0.29, 0.717) is 24.3 Å². The number of anilines is 1. The number of hydrogen-bond acceptors (Lipinski definition) is 5. The molecular weight excluding hydrogens is 324 g/mol. The summed E-state index contributed by atoms with van der Waals surface area (Å²) < 4.78 is 10.8. The number of carbonyl (C=O) groups excluding carboxylic acids is 2. The van der Waals surface area contributed by atoms with Crippen LogP contribution in [-0.2, 0) is 22.6 Å². The van der Waals surface area contributed by atoms with E-state index >= 15 is 0 Å². The van der Waals surface area contributed by atoms with Gasteiger partial charge in [-0.1, -0.05) is 42.5 Å². The van der Waals surface area contributed by atoms with E-state index in [9.17, 15) is 9.59 Å². The van der Waals surface area contributed by atoms with Gasteiger partial charge in [0, 0.05) is 0 Å². The number of rotatable bonds is 4. The molecule has 2 aromatic rings. The van der Waals surface area contributed by atoms with Gasteiger partial charge in [-0.3, -0.25) is 15.3 Å². The van der Waals surface area contributed by atoms with Crippen LogP contribution in [0.2, 0.25) is 0 Å². The van der Waals surface area contributed by atoms with E-state index in [2.05, 4.69) is 5.32 Å². The monoisotopic (exact) mass is 342 g/mol. The first-order valence-corrected chi connectivity index (χ1v) is 7.87. The number of fused-ring (bicyclic) bond motifs is 1. The van der Waals surface area contributed by atoms with Crippen molar-refractivity contribution in [1.29, 1.82) is 0 Å². The van der Waals surface area contributed by atoms with Crippen LogP contribution in [0.1, 0.15) is 17.5 Å². The zero-order chi connectivity index (χ0) is 17.6. The Morgan fingerprint density at radius 3 is 2.72 bits per heavy atom. The Hall–Kier alpha value is -3.06. The third-order valence-electron chi connectivity index (χ3n) is 3.88. The summed E-state index contributed by atoms with van der Waals surface area (Å²) in [5.41, 5.74) is 3.77. The van der Waals surface area contributed by atoms with Crippen molar-refractivity contribution in [3.8, 4) is 5.75 Å². The van der Waals surface area contributed by atoms with Gasteiger partial charge in [0.15, 0.2) is 6.10 Å². The van der Waals surface area contributed by atoms with Crippen molar-refractivity contribution < 1.29 is 24.3 Å². The summed E-state index contributed by atoms with van der Waals surface area (Å²) in [5, 5.41) is 11.4. The van der Waals surface area contributed by atoms with Gasteiger partial charge in [-0.15, -0.1) is 0 Å². The molecule has 0 aliphatic carbocycles. The summed E-state index contributed by atoms with van der Waals surface area (Å²) in [6.45, 7) is 0.151. The molecule has 2 aromatic carbocycles. The third-order valence-corrected chi connectivity index (χ3v) is 3.88. The first kappa shape index (κ1) is 16.8. The summed E-state index contributed by atoms with van der Waals surface area (Å²) in [7, 11) is 0. The second kappa shape index (κ2) is 7.67. The standard InChI is InChI=1S/C18H18N2O5/c21-17(20-23)15-10-9-13-7-4-8-14(16(13)25-15)19-18(22)24-11-12-5-2-1-3-6-12/h1-8,15,23H,9-11H2,(H,19,22)(H,20,21). The molecule has 0 bridgehead atoms. The highest BCUT2D eigenvalue weighted by Gasteiger charge is 2.28. The number of aryl methyl sites for hydroxylation is 1. The number of ether oxygens (including phenoxy) is 2. The van der Waals surface area contributed by atoms with Gasteiger partial charge in [0.05, 0.1) is 5.69 Å². The van der Waals surface area contributed by atoms with Crippen LogP contribution in [0.5, 0.6) is 5.75 Å². The summed E-state index contributed by atoms with van der Waals surface area (Å²) in [5.74, 6) is -0.203. The molecule has 25 heavy (non-hydrogen) atoms. The lowest BCUT2D eigenvalue weighted by Crippen LogP contribution is -2.39. The Kier molecular flexibility index (Phi) is 5.15. The van der Waals surface area contributed by atoms with Gasteiger partial charge < -0.3 is 9.47 Å². The van der Waals surface area contributed by atoms with E-state index in [1.54, 1.807) is 17.6 Å². The molecule has 2 amide bonds. The molecule has 130 valence electrons. The highest BCUT2D eigenvalue weighted by molar-refractivity contribution is 5.88. The van der Waals surface area contributed by atoms with Crippen LogP contribution in [0.3, 0.4) is 0 Å². The first-order chi connectivity index (χ1) is 12.2. The number of nitrogens with one attached hydrogen (secondary N) is 2. The summed E-state index contributed by atoms with van der Waals surface area (Å²) in [6, 6.07) is 14.7. The molecule has 1 unspecified atom stereocenters. The van der Waals surface area contributed by atoms with Crippen LogP contribution in [0.15, 0.2) is 48.5 Å². The van der Waals surface area contributed by atoms with Crippen molar-refractivity contribution in [2.45, 2.75) is 25.6 Å². The normalized spacial score (nSPS) is 15.5. The Morgan fingerprint density at radius 1 is 1.16 bits per heavy atom. The predicted molar refractivity (Wildman–Crippen MR) is 89.4 cm³/mol. The van der Waals surface area contributed by atoms with Crippen LogP contribution in [-0.4, -0.2) is 23.3 Å². The fourth-order valence-electron chi connectivity index (χ4n) is 2.63. The van der Waals surface area contributed by atoms with Gasteiger partial charge >= 0.3 is 6.09 Å². The Bertz CT molecular complexity index is 763. The van der Waals surface area contributed by atoms with Crippen LogP contribution in [0, 0.1) is 0 Å². The largest absolute Gasteiger partial charge is 0.478 e. The molecule has 0 fully saturated rings. The summed E-state index contributed by atoms with van der Waals surface area (Å²) in [4.78, 5) is 23.6. The molecular formula is C18H18N2O5. The van der Waals surface area contributed by atoms with Crippen molar-refractivity contribution in [1.82, 2.24) is 5.48 Å². The van der Waals surface area contributed by atoms with Crippen LogP contribution in [0.4, 0.5) is 10.5 Å². The number of amides is 2. The maximum absolute atomic E-state index is 12.0. The van der Waals surface area contributed by atoms with Crippen LogP contribution >= 0.6 is 0 Å². The first-order valence-electron chi connectivity index (χ1n) is 7.87. The van der Waals surface area contributed by atoms with Crippen molar-refractivity contribution in [3.63, 3.8) is 0 Å². The molecule has 0 aromatic heterocycles. The molecule has 1 atom stereocenters. The van der Waals surface area contributed by atoms with E-state index in [1.807, 2.05) is 36.4 Å². The zero-order valence-corrected chi connectivity index (χ0v) is 13.4. The van der Waals surface area contributed by atoms with Gasteiger partial charge in [-0.05, 0) is 30.0 Å². The van der Waals surface area contributed by atoms with Crippen molar-refractivity contribution in [2.24, 2.45) is 0 Å². The highest BCUT2D eigenvalue weighted by atomic mass is 16.5. The number of hydrogen-bond donors (Lipinski definition) is 3. The second-order valence-electron chi connectivity index (χ2n) is 5.60. The molecule has 1 aliphatic heterocycles. The van der Waals surface area contributed by atoms with Gasteiger partial charge in [0.25, 0.3) is 5.91 Å². The number of hydroxylamine groups is 1. The van der Waals surface area contributed by atoms with Crippen LogP contribution < -0.4 is 15.5 Å². The van der Waals surface area contributed by atoms with E-state index in [0.717, 1.165) is 11.1 Å². The smallest absolute Gasteiger partial charge is 0.412 e. The van der Waals surface area contributed by atoms with E-state index < -0.39 is 18.1 Å². The second-order valence-corrected chi connectivity index (χ2v) is 5.60. The highest BCUT2D eigenvalue weighted by Crippen LogP contribution is 2.35. The molecule has 0 saturated carbocycles. The summed E-state index contributed by atoms with van der Waals surface area (Å²) in [6.07, 6.45) is -0.376. The van der Waals surface area contributed by atoms with Crippen molar-refractivity contribution in [2.75, 3.05) is 5.32 Å². The molecule has 1 aliphatic rings. The Labute approximate surface area is 144 Å². The van der Waals surface area contributed by atoms with Crippen molar-refractivity contribution >= 4 is 17.7 Å². The maximum Gasteiger partial charge on any atom is 0.412 e. The zero-order valence-electron chi connectivity index (χ0n) is 13.4. The molecule has 7 heteroatoms. The van der Waals surface area contributed by atoms with E-state index in [4.69, 9.17) is 14.7 Å². The van der Waals surface area contributed by atoms with E-state index in [1.165, 1.54) is 0 Å². The molecule has 3 N–H and O–H groups in total. The predicted octanol–water partition coefficient (Wildman–Crippen LogP) is 2.63. The van der Waals surface area contributed by atoms with Gasteiger partial charge in [0.2, 0.25) is 0 Å². The molecule has 7 nitrogen and oxygen atoms in total. The molecule has 1 heterocycles. The molecule has 0 spiro atoms. The fourth-order valence-corrected chi connectivity index (χ4v) is 2.63. The quantitative estimate of drug-likeness (QED) is 0.586. The fraction of sp³-hybridized carbons (Fsp3) is 0.222. The topological polar surface area (TPSA) is 96.9 Å². The Morgan fingerprint density at radius 2 is 1.96 bits per heavy atom. The minimum Gasteiger partial charge on any atom is -0.478 e. The minimum absolute atomic E-state index is 0.151. The number of benzene rings is 2. The van der Waals surface area contributed by atoms with Crippen LogP contribution in [0.25, 0.3) is 0 Å². The lowest BCUT2D eigenvalue weighted by Gasteiger charge is -2.26. The lowest BCUT2D eigenvalue weighted by atomic mass is 10.0. The minimum atomic E-state index is -0.805. The summed E-state index contributed by atoms with van der Waals surface area (Å²) >= 11 is 0. The lowest BCUT2D eigenvalue weighted by molar-refractivity contribution is -0.137. The maximum atomic E-state index is 12.0. The SMILES string of the molecule is O=C(Nc1cccc2c1OC(C(=O)NO)CC2)OCc1ccccc1. The molecule has 3 rings (SSSR count). The van der Waals surface area contributed by atoms with E-state index in [-0.39, 0.29) is 6.61 Å². The number of carbonyl (C=O) groups is 2. The van der Waals surface area contributed by atoms with Gasteiger partial charge in [0.1, 0.15) is 12.4 Å². The van der Waals surface area contributed by atoms with Gasteiger partial charge in [-0.25, -0.2) is 10.3 Å². The Balaban J connectivity index is 1.67. The average Bonchev–Trinajstić information content (AvgIpc) is 2.66. The number of para-hydroxylation sites is 1. The van der Waals surface area contributed by atoms with Gasteiger partial charge in [-0.2, -0.15) is 0 Å². The average molecular weight is 342 g/mol.